The number of amides is 1. The number of aliphatic carboxylic acids is 1. The Labute approximate surface area is 135 Å². The fourth-order valence-electron chi connectivity index (χ4n) is 2.39. The molecule has 0 aliphatic heterocycles. The van der Waals surface area contributed by atoms with Crippen molar-refractivity contribution in [1.82, 2.24) is 4.90 Å². The van der Waals surface area contributed by atoms with Crippen molar-refractivity contribution < 1.29 is 19.6 Å². The van der Waals surface area contributed by atoms with E-state index < -0.39 is 10.9 Å². The Bertz CT molecular complexity index is 625. The predicted octanol–water partition coefficient (Wildman–Crippen LogP) is 2.78. The van der Waals surface area contributed by atoms with Crippen LogP contribution in [-0.4, -0.2) is 39.9 Å². The summed E-state index contributed by atoms with van der Waals surface area (Å²) >= 11 is 0. The SMILES string of the molecule is Cc1cc(C)c([N+](=O)[O-])cc1C(=O)N(CCC(=O)O)CC(C)C. The predicted molar refractivity (Wildman–Crippen MR) is 85.6 cm³/mol. The quantitative estimate of drug-likeness (QED) is 0.614. The Kier molecular flexibility index (Phi) is 6.24. The fourth-order valence-corrected chi connectivity index (χ4v) is 2.39. The van der Waals surface area contributed by atoms with Crippen molar-refractivity contribution in [2.45, 2.75) is 34.1 Å². The average Bonchev–Trinajstić information content (AvgIpc) is 2.41. The standard InChI is InChI=1S/C16H22N2O5/c1-10(2)9-17(6-5-15(19)20)16(21)13-8-14(18(22)23)12(4)7-11(13)3/h7-8,10H,5-6,9H2,1-4H3,(H,19,20). The average molecular weight is 322 g/mol. The lowest BCUT2D eigenvalue weighted by molar-refractivity contribution is -0.385. The highest BCUT2D eigenvalue weighted by Gasteiger charge is 2.23. The van der Waals surface area contributed by atoms with E-state index in [1.165, 1.54) is 11.0 Å². The second-order valence-electron chi connectivity index (χ2n) is 6.00. The number of nitrogens with zero attached hydrogens (tertiary/aromatic N) is 2. The maximum Gasteiger partial charge on any atom is 0.305 e. The Hall–Kier alpha value is -2.44. The number of nitro groups is 1. The third-order valence-corrected chi connectivity index (χ3v) is 3.44. The zero-order valence-corrected chi connectivity index (χ0v) is 13.8. The van der Waals surface area contributed by atoms with Crippen LogP contribution in [0.2, 0.25) is 0 Å². The van der Waals surface area contributed by atoms with Gasteiger partial charge in [-0.25, -0.2) is 0 Å². The van der Waals surface area contributed by atoms with Gasteiger partial charge in [0.1, 0.15) is 0 Å². The van der Waals surface area contributed by atoms with E-state index in [9.17, 15) is 19.7 Å². The van der Waals surface area contributed by atoms with E-state index in [4.69, 9.17) is 5.11 Å². The minimum atomic E-state index is -0.988. The summed E-state index contributed by atoms with van der Waals surface area (Å²) in [5.41, 5.74) is 1.27. The van der Waals surface area contributed by atoms with Crippen LogP contribution in [0.25, 0.3) is 0 Å². The molecule has 0 saturated heterocycles. The van der Waals surface area contributed by atoms with Crippen LogP contribution in [0.3, 0.4) is 0 Å². The monoisotopic (exact) mass is 322 g/mol. The van der Waals surface area contributed by atoms with E-state index in [1.54, 1.807) is 19.9 Å². The first-order valence-electron chi connectivity index (χ1n) is 7.40. The van der Waals surface area contributed by atoms with Crippen molar-refractivity contribution in [2.24, 2.45) is 5.92 Å². The number of carbonyl (C=O) groups is 2. The zero-order valence-electron chi connectivity index (χ0n) is 13.8. The van der Waals surface area contributed by atoms with Crippen LogP contribution in [-0.2, 0) is 4.79 Å². The van der Waals surface area contributed by atoms with Crippen molar-refractivity contribution in [2.75, 3.05) is 13.1 Å². The number of carboxylic acid groups (broad SMARTS) is 1. The summed E-state index contributed by atoms with van der Waals surface area (Å²) < 4.78 is 0. The second-order valence-corrected chi connectivity index (χ2v) is 6.00. The lowest BCUT2D eigenvalue weighted by Gasteiger charge is -2.25. The number of hydrogen-bond acceptors (Lipinski definition) is 4. The third-order valence-electron chi connectivity index (χ3n) is 3.44. The number of aryl methyl sites for hydroxylation is 2. The molecule has 0 fully saturated rings. The van der Waals surface area contributed by atoms with Crippen LogP contribution in [0, 0.1) is 29.9 Å². The molecular weight excluding hydrogens is 300 g/mol. The van der Waals surface area contributed by atoms with Gasteiger partial charge in [0.15, 0.2) is 0 Å². The van der Waals surface area contributed by atoms with Gasteiger partial charge in [0.05, 0.1) is 11.3 Å². The summed E-state index contributed by atoms with van der Waals surface area (Å²) in [6, 6.07) is 2.89. The molecule has 0 bridgehead atoms. The highest BCUT2D eigenvalue weighted by atomic mass is 16.6. The van der Waals surface area contributed by atoms with Crippen molar-refractivity contribution in [1.29, 1.82) is 0 Å². The summed E-state index contributed by atoms with van der Waals surface area (Å²) in [6.07, 6.45) is -0.161. The maximum atomic E-state index is 12.7. The molecule has 0 saturated carbocycles. The fraction of sp³-hybridized carbons (Fsp3) is 0.500. The molecule has 1 aromatic rings. The molecule has 0 aliphatic carbocycles. The molecule has 1 aromatic carbocycles. The van der Waals surface area contributed by atoms with Gasteiger partial charge in [0.25, 0.3) is 11.6 Å². The summed E-state index contributed by atoms with van der Waals surface area (Å²) in [7, 11) is 0. The molecule has 7 nitrogen and oxygen atoms in total. The lowest BCUT2D eigenvalue weighted by Crippen LogP contribution is -2.36. The normalized spacial score (nSPS) is 10.7. The first-order chi connectivity index (χ1) is 10.6. The summed E-state index contributed by atoms with van der Waals surface area (Å²) in [4.78, 5) is 35.5. The molecule has 0 aliphatic rings. The highest BCUT2D eigenvalue weighted by molar-refractivity contribution is 5.96. The molecule has 1 rings (SSSR count). The number of rotatable bonds is 7. The topological polar surface area (TPSA) is 101 Å². The molecule has 0 radical (unpaired) electrons. The van der Waals surface area contributed by atoms with E-state index in [0.29, 0.717) is 17.7 Å². The summed E-state index contributed by atoms with van der Waals surface area (Å²) in [6.45, 7) is 7.65. The number of carboxylic acids is 1. The van der Waals surface area contributed by atoms with Crippen molar-refractivity contribution in [3.63, 3.8) is 0 Å². The summed E-state index contributed by atoms with van der Waals surface area (Å²) in [5.74, 6) is -1.20. The van der Waals surface area contributed by atoms with Crippen LogP contribution in [0.5, 0.6) is 0 Å². The van der Waals surface area contributed by atoms with Gasteiger partial charge in [0, 0.05) is 30.3 Å². The van der Waals surface area contributed by atoms with Crippen LogP contribution >= 0.6 is 0 Å². The van der Waals surface area contributed by atoms with Gasteiger partial charge in [-0.05, 0) is 31.4 Å². The first-order valence-corrected chi connectivity index (χ1v) is 7.40. The molecule has 0 heterocycles. The molecule has 0 atom stereocenters. The second kappa shape index (κ2) is 7.71. The van der Waals surface area contributed by atoms with Gasteiger partial charge in [-0.15, -0.1) is 0 Å². The molecule has 23 heavy (non-hydrogen) atoms. The minimum Gasteiger partial charge on any atom is -0.481 e. The van der Waals surface area contributed by atoms with Crippen LogP contribution in [0.15, 0.2) is 12.1 Å². The van der Waals surface area contributed by atoms with E-state index in [1.807, 2.05) is 13.8 Å². The van der Waals surface area contributed by atoms with Crippen molar-refractivity contribution >= 4 is 17.6 Å². The Morgan fingerprint density at radius 3 is 2.35 bits per heavy atom. The smallest absolute Gasteiger partial charge is 0.305 e. The van der Waals surface area contributed by atoms with E-state index in [0.717, 1.165) is 0 Å². The Balaban J connectivity index is 3.18. The van der Waals surface area contributed by atoms with E-state index in [-0.39, 0.29) is 36.0 Å². The molecule has 126 valence electrons. The Morgan fingerprint density at radius 1 is 1.26 bits per heavy atom. The van der Waals surface area contributed by atoms with Crippen LogP contribution in [0.4, 0.5) is 5.69 Å². The number of hydrogen-bond donors (Lipinski definition) is 1. The molecule has 1 N–H and O–H groups in total. The largest absolute Gasteiger partial charge is 0.481 e. The lowest BCUT2D eigenvalue weighted by atomic mass is 10.0. The van der Waals surface area contributed by atoms with Crippen molar-refractivity contribution in [3.05, 3.63) is 38.9 Å². The van der Waals surface area contributed by atoms with E-state index in [2.05, 4.69) is 0 Å². The van der Waals surface area contributed by atoms with Gasteiger partial charge >= 0.3 is 5.97 Å². The number of benzene rings is 1. The molecule has 0 unspecified atom stereocenters. The zero-order chi connectivity index (χ0) is 17.7. The molecular formula is C16H22N2O5. The van der Waals surface area contributed by atoms with Gasteiger partial charge in [0.2, 0.25) is 0 Å². The maximum absolute atomic E-state index is 12.7. The van der Waals surface area contributed by atoms with Crippen molar-refractivity contribution in [3.8, 4) is 0 Å². The number of carbonyl (C=O) groups excluding carboxylic acids is 1. The van der Waals surface area contributed by atoms with E-state index >= 15 is 0 Å². The summed E-state index contributed by atoms with van der Waals surface area (Å²) in [5, 5.41) is 19.9. The van der Waals surface area contributed by atoms with Crippen LogP contribution < -0.4 is 0 Å². The highest BCUT2D eigenvalue weighted by Crippen LogP contribution is 2.24. The third kappa shape index (κ3) is 5.05. The molecule has 1 amide bonds. The molecule has 7 heteroatoms. The van der Waals surface area contributed by atoms with Gasteiger partial charge < -0.3 is 10.0 Å². The van der Waals surface area contributed by atoms with Crippen LogP contribution in [0.1, 0.15) is 41.8 Å². The Morgan fingerprint density at radius 2 is 1.87 bits per heavy atom. The number of nitro benzene ring substituents is 1. The molecule has 0 aromatic heterocycles. The van der Waals surface area contributed by atoms with Gasteiger partial charge in [-0.1, -0.05) is 13.8 Å². The minimum absolute atomic E-state index is 0.0768. The van der Waals surface area contributed by atoms with Gasteiger partial charge in [-0.3, -0.25) is 19.7 Å². The van der Waals surface area contributed by atoms with Gasteiger partial charge in [-0.2, -0.15) is 0 Å². The molecule has 0 spiro atoms. The first kappa shape index (κ1) is 18.6.